The Balaban J connectivity index is 3.40. The highest BCUT2D eigenvalue weighted by atomic mass is 16.5. The van der Waals surface area contributed by atoms with E-state index in [0.717, 1.165) is 38.5 Å². The lowest BCUT2D eigenvalue weighted by Crippen LogP contribution is -2.45. The summed E-state index contributed by atoms with van der Waals surface area (Å²) < 4.78 is 5.51. The van der Waals surface area contributed by atoms with Crippen molar-refractivity contribution in [1.29, 1.82) is 0 Å². The van der Waals surface area contributed by atoms with Gasteiger partial charge in [0.25, 0.3) is 0 Å². The van der Waals surface area contributed by atoms with Crippen molar-refractivity contribution in [3.05, 3.63) is 36.5 Å². The molecule has 0 aliphatic rings. The summed E-state index contributed by atoms with van der Waals surface area (Å²) in [6.45, 7) is 4.94. The fraction of sp³-hybridized carbons (Fsp3) is 0.899. The summed E-state index contributed by atoms with van der Waals surface area (Å²) in [5.41, 5.74) is 0. The Morgan fingerprint density at radius 1 is 0.318 bits per heavy atom. The predicted molar refractivity (Wildman–Crippen MR) is 375 cm³/mol. The van der Waals surface area contributed by atoms with Crippen LogP contribution in [-0.2, 0) is 14.3 Å². The van der Waals surface area contributed by atoms with Crippen LogP contribution in [0.5, 0.6) is 0 Å². The van der Waals surface area contributed by atoms with Gasteiger partial charge in [0, 0.05) is 12.8 Å². The van der Waals surface area contributed by atoms with Gasteiger partial charge >= 0.3 is 5.97 Å². The van der Waals surface area contributed by atoms with Crippen molar-refractivity contribution in [2.45, 2.75) is 443 Å². The Hall–Kier alpha value is -1.92. The summed E-state index contributed by atoms with van der Waals surface area (Å²) in [4.78, 5) is 24.7. The zero-order chi connectivity index (χ0) is 61.3. The molecule has 0 saturated carbocycles. The van der Waals surface area contributed by atoms with Crippen molar-refractivity contribution >= 4 is 11.9 Å². The van der Waals surface area contributed by atoms with Crippen molar-refractivity contribution in [3.8, 4) is 0 Å². The Bertz CT molecular complexity index is 1380. The van der Waals surface area contributed by atoms with Crippen LogP contribution in [0, 0.1) is 0 Å². The molecule has 0 fully saturated rings. The normalized spacial score (nSPS) is 12.7. The van der Waals surface area contributed by atoms with Crippen LogP contribution < -0.4 is 5.32 Å². The van der Waals surface area contributed by atoms with E-state index in [4.69, 9.17) is 4.74 Å². The first-order valence-corrected chi connectivity index (χ1v) is 38.8. The molecule has 2 unspecified atom stereocenters. The van der Waals surface area contributed by atoms with Crippen LogP contribution in [0.15, 0.2) is 36.5 Å². The summed E-state index contributed by atoms with van der Waals surface area (Å²) in [6.07, 6.45) is 96.8. The molecule has 0 radical (unpaired) electrons. The molecule has 3 N–H and O–H groups in total. The van der Waals surface area contributed by atoms with Crippen LogP contribution >= 0.6 is 0 Å². The number of aliphatic hydroxyl groups is 2. The first-order valence-electron chi connectivity index (χ1n) is 38.8. The minimum absolute atomic E-state index is 0.0151. The van der Waals surface area contributed by atoms with Crippen molar-refractivity contribution in [2.75, 3.05) is 13.2 Å². The minimum Gasteiger partial charge on any atom is -0.466 e. The Morgan fingerprint density at radius 2 is 0.553 bits per heavy atom. The highest BCUT2D eigenvalue weighted by Crippen LogP contribution is 2.19. The van der Waals surface area contributed by atoms with Gasteiger partial charge in [0.05, 0.1) is 25.4 Å². The molecule has 0 aliphatic carbocycles. The minimum atomic E-state index is -0.847. The zero-order valence-corrected chi connectivity index (χ0v) is 57.6. The maximum Gasteiger partial charge on any atom is 0.305 e. The molecular weight excluding hydrogens is 1040 g/mol. The van der Waals surface area contributed by atoms with Crippen molar-refractivity contribution < 1.29 is 24.5 Å². The van der Waals surface area contributed by atoms with Gasteiger partial charge in [-0.25, -0.2) is 0 Å². The molecule has 0 rings (SSSR count). The van der Waals surface area contributed by atoms with E-state index in [1.165, 1.54) is 366 Å². The fourth-order valence-electron chi connectivity index (χ4n) is 12.2. The van der Waals surface area contributed by atoms with Crippen LogP contribution in [0.3, 0.4) is 0 Å². The van der Waals surface area contributed by atoms with Crippen LogP contribution in [0.1, 0.15) is 431 Å². The van der Waals surface area contributed by atoms with Gasteiger partial charge in [-0.05, 0) is 83.5 Å². The number of amides is 1. The number of esters is 1. The highest BCUT2D eigenvalue weighted by Gasteiger charge is 2.18. The third kappa shape index (κ3) is 71.0. The monoisotopic (exact) mass is 1190 g/mol. The van der Waals surface area contributed by atoms with Gasteiger partial charge in [-0.2, -0.15) is 0 Å². The quantitative estimate of drug-likeness (QED) is 0.0320. The number of carbonyl (C=O) groups is 2. The molecule has 0 heterocycles. The molecule has 2 atom stereocenters. The summed E-state index contributed by atoms with van der Waals surface area (Å²) in [5, 5.41) is 23.3. The third-order valence-electron chi connectivity index (χ3n) is 18.1. The lowest BCUT2D eigenvalue weighted by molar-refractivity contribution is -0.143. The zero-order valence-electron chi connectivity index (χ0n) is 57.6. The van der Waals surface area contributed by atoms with Crippen molar-refractivity contribution in [3.63, 3.8) is 0 Å². The molecule has 0 bridgehead atoms. The van der Waals surface area contributed by atoms with Gasteiger partial charge < -0.3 is 20.3 Å². The van der Waals surface area contributed by atoms with Gasteiger partial charge in [0.15, 0.2) is 0 Å². The molecule has 0 aromatic rings. The predicted octanol–water partition coefficient (Wildman–Crippen LogP) is 25.4. The number of rotatable bonds is 73. The Morgan fingerprint density at radius 3 is 0.835 bits per heavy atom. The SMILES string of the molecule is CCCCCCCC/C=C\CCCCCCCCCCCC(=O)OCCCCCCCCCCCCCC/C=C\CCCCCCCCCCCCCC(=O)NC(CO)C(O)/C=C/CCCCCCCCCCCCCCCCCCCCCC. The first-order chi connectivity index (χ1) is 42.0. The second kappa shape index (κ2) is 74.5. The second-order valence-corrected chi connectivity index (χ2v) is 26.7. The van der Waals surface area contributed by atoms with E-state index < -0.39 is 12.1 Å². The third-order valence-corrected chi connectivity index (χ3v) is 18.1. The molecule has 0 aliphatic heterocycles. The number of carbonyl (C=O) groups excluding carboxylic acids is 2. The van der Waals surface area contributed by atoms with E-state index >= 15 is 0 Å². The van der Waals surface area contributed by atoms with Crippen LogP contribution in [0.4, 0.5) is 0 Å². The van der Waals surface area contributed by atoms with E-state index in [2.05, 4.69) is 43.5 Å². The van der Waals surface area contributed by atoms with E-state index in [9.17, 15) is 19.8 Å². The summed E-state index contributed by atoms with van der Waals surface area (Å²) in [7, 11) is 0. The number of ether oxygens (including phenoxy) is 1. The maximum absolute atomic E-state index is 12.5. The van der Waals surface area contributed by atoms with Crippen LogP contribution in [0.25, 0.3) is 0 Å². The molecule has 1 amide bonds. The topological polar surface area (TPSA) is 95.9 Å². The molecule has 0 aromatic carbocycles. The molecule has 502 valence electrons. The highest BCUT2D eigenvalue weighted by molar-refractivity contribution is 5.76. The van der Waals surface area contributed by atoms with Gasteiger partial charge in [-0.3, -0.25) is 9.59 Å². The van der Waals surface area contributed by atoms with E-state index in [1.54, 1.807) is 6.08 Å². The van der Waals surface area contributed by atoms with Crippen molar-refractivity contribution in [2.24, 2.45) is 0 Å². The summed E-state index contributed by atoms with van der Waals surface area (Å²) in [5.74, 6) is -0.0493. The summed E-state index contributed by atoms with van der Waals surface area (Å²) in [6, 6.07) is -0.630. The molecular formula is C79H151NO5. The molecule has 0 saturated heterocycles. The fourth-order valence-corrected chi connectivity index (χ4v) is 12.2. The van der Waals surface area contributed by atoms with Gasteiger partial charge in [0.2, 0.25) is 5.91 Å². The standard InChI is InChI=1S/C79H151NO5/c1-3-5-7-9-11-13-15-17-19-21-23-24-32-36-39-43-47-51-55-59-63-67-71-77(82)76(75-81)80-78(83)72-68-64-60-56-52-48-44-40-37-33-30-28-26-25-27-29-31-34-38-42-46-50-54-58-62-66-70-74-85-79(84)73-69-65-61-57-53-49-45-41-35-22-20-18-16-14-12-10-8-6-4-2/h18,20,25-26,67,71,76-77,81-82H,3-17,19,21-24,27-66,68-70,72-75H2,1-2H3,(H,80,83)/b20-18-,26-25-,71-67+. The lowest BCUT2D eigenvalue weighted by atomic mass is 10.0. The molecule has 85 heavy (non-hydrogen) atoms. The number of unbranched alkanes of at least 4 members (excludes halogenated alkanes) is 58. The largest absolute Gasteiger partial charge is 0.466 e. The van der Waals surface area contributed by atoms with E-state index in [-0.39, 0.29) is 18.5 Å². The van der Waals surface area contributed by atoms with E-state index in [1.807, 2.05) is 6.08 Å². The Kier molecular flexibility index (Phi) is 72.9. The molecule has 0 spiro atoms. The number of hydrogen-bond acceptors (Lipinski definition) is 5. The van der Waals surface area contributed by atoms with Crippen LogP contribution in [0.2, 0.25) is 0 Å². The number of nitrogens with one attached hydrogen (secondary N) is 1. The van der Waals surface area contributed by atoms with Gasteiger partial charge in [0.1, 0.15) is 0 Å². The second-order valence-electron chi connectivity index (χ2n) is 26.7. The lowest BCUT2D eigenvalue weighted by Gasteiger charge is -2.20. The van der Waals surface area contributed by atoms with E-state index in [0.29, 0.717) is 19.4 Å². The average molecular weight is 1200 g/mol. The van der Waals surface area contributed by atoms with Gasteiger partial charge in [-0.1, -0.05) is 371 Å². The number of hydrogen-bond donors (Lipinski definition) is 3. The first kappa shape index (κ1) is 83.1. The van der Waals surface area contributed by atoms with Crippen LogP contribution in [-0.4, -0.2) is 47.4 Å². The van der Waals surface area contributed by atoms with Crippen molar-refractivity contribution in [1.82, 2.24) is 5.32 Å². The summed E-state index contributed by atoms with van der Waals surface area (Å²) >= 11 is 0. The Labute approximate surface area is 532 Å². The average Bonchev–Trinajstić information content (AvgIpc) is 3.51. The molecule has 0 aromatic heterocycles. The number of aliphatic hydroxyl groups excluding tert-OH is 2. The van der Waals surface area contributed by atoms with Gasteiger partial charge in [-0.15, -0.1) is 0 Å². The molecule has 6 nitrogen and oxygen atoms in total. The molecule has 6 heteroatoms. The smallest absolute Gasteiger partial charge is 0.305 e. The maximum atomic E-state index is 12.5. The number of allylic oxidation sites excluding steroid dienone is 5.